The maximum Gasteiger partial charge on any atom is 0.307 e. The highest BCUT2D eigenvalue weighted by Gasteiger charge is 2.22. The predicted molar refractivity (Wildman–Crippen MR) is 79.3 cm³/mol. The fourth-order valence-electron chi connectivity index (χ4n) is 2.05. The van der Waals surface area contributed by atoms with Crippen molar-refractivity contribution in [2.24, 2.45) is 0 Å². The molecule has 0 aromatic carbocycles. The lowest BCUT2D eigenvalue weighted by atomic mass is 10.1. The Labute approximate surface area is 126 Å². The molecule has 0 fully saturated rings. The quantitative estimate of drug-likeness (QED) is 0.862. The van der Waals surface area contributed by atoms with Gasteiger partial charge in [0.15, 0.2) is 0 Å². The topological polar surface area (TPSA) is 68.5 Å². The van der Waals surface area contributed by atoms with Crippen LogP contribution >= 0.6 is 11.3 Å². The van der Waals surface area contributed by atoms with E-state index in [9.17, 15) is 9.59 Å². The van der Waals surface area contributed by atoms with Crippen molar-refractivity contribution >= 4 is 23.2 Å². The zero-order valence-corrected chi connectivity index (χ0v) is 13.0. The molecular formula is C15H17NO4S. The predicted octanol–water partition coefficient (Wildman–Crippen LogP) is 2.99. The van der Waals surface area contributed by atoms with Crippen molar-refractivity contribution in [3.63, 3.8) is 0 Å². The number of amides is 1. The summed E-state index contributed by atoms with van der Waals surface area (Å²) >= 11 is 1.48. The smallest absolute Gasteiger partial charge is 0.307 e. The van der Waals surface area contributed by atoms with Gasteiger partial charge in [0, 0.05) is 4.88 Å². The summed E-state index contributed by atoms with van der Waals surface area (Å²) in [6.45, 7) is 3.53. The van der Waals surface area contributed by atoms with E-state index in [4.69, 9.17) is 4.42 Å². The first-order chi connectivity index (χ1) is 10.0. The van der Waals surface area contributed by atoms with E-state index in [2.05, 4.69) is 10.1 Å². The second kappa shape index (κ2) is 6.58. The van der Waals surface area contributed by atoms with Gasteiger partial charge in [0.1, 0.15) is 11.5 Å². The van der Waals surface area contributed by atoms with Crippen LogP contribution in [0.25, 0.3) is 0 Å². The van der Waals surface area contributed by atoms with Gasteiger partial charge in [-0.3, -0.25) is 9.59 Å². The van der Waals surface area contributed by atoms with Gasteiger partial charge in [-0.15, -0.1) is 11.3 Å². The fourth-order valence-corrected chi connectivity index (χ4v) is 2.83. The van der Waals surface area contributed by atoms with Crippen molar-refractivity contribution in [1.82, 2.24) is 5.32 Å². The van der Waals surface area contributed by atoms with Gasteiger partial charge in [-0.25, -0.2) is 0 Å². The summed E-state index contributed by atoms with van der Waals surface area (Å²) in [6.07, 6.45) is 0.0959. The third-order valence-electron chi connectivity index (χ3n) is 3.08. The fraction of sp³-hybridized carbons (Fsp3) is 0.333. The molecule has 2 aromatic heterocycles. The van der Waals surface area contributed by atoms with Gasteiger partial charge < -0.3 is 14.5 Å². The third kappa shape index (κ3) is 3.72. The number of esters is 1. The van der Waals surface area contributed by atoms with Crippen LogP contribution in [-0.2, 0) is 9.53 Å². The van der Waals surface area contributed by atoms with Gasteiger partial charge in [0.2, 0.25) is 0 Å². The van der Waals surface area contributed by atoms with Crippen LogP contribution < -0.4 is 5.32 Å². The molecule has 2 aromatic rings. The van der Waals surface area contributed by atoms with Crippen molar-refractivity contribution in [3.05, 3.63) is 45.5 Å². The molecule has 112 valence electrons. The zero-order valence-electron chi connectivity index (χ0n) is 12.1. The SMILES string of the molecule is COC(=O)C[C@@H](NC(=O)c1cc(C)oc1C)c1cccs1. The summed E-state index contributed by atoms with van der Waals surface area (Å²) in [6, 6.07) is 5.05. The highest BCUT2D eigenvalue weighted by Crippen LogP contribution is 2.24. The average molecular weight is 307 g/mol. The molecule has 1 N–H and O–H groups in total. The molecule has 0 aliphatic heterocycles. The number of ether oxygens (including phenoxy) is 1. The second-order valence-corrected chi connectivity index (χ2v) is 5.63. The summed E-state index contributed by atoms with van der Waals surface area (Å²) in [5.41, 5.74) is 0.485. The van der Waals surface area contributed by atoms with E-state index in [0.29, 0.717) is 17.1 Å². The van der Waals surface area contributed by atoms with Gasteiger partial charge in [-0.1, -0.05) is 6.07 Å². The number of nitrogens with one attached hydrogen (secondary N) is 1. The molecule has 2 rings (SSSR count). The molecule has 21 heavy (non-hydrogen) atoms. The summed E-state index contributed by atoms with van der Waals surface area (Å²) in [5, 5.41) is 4.77. The Hall–Kier alpha value is -2.08. The molecular weight excluding hydrogens is 290 g/mol. The number of carbonyl (C=O) groups excluding carboxylic acids is 2. The number of carbonyl (C=O) groups is 2. The average Bonchev–Trinajstić information content (AvgIpc) is 3.07. The minimum atomic E-state index is -0.403. The number of thiophene rings is 1. The molecule has 0 spiro atoms. The standard InChI is InChI=1S/C15H17NO4S/c1-9-7-11(10(2)20-9)15(18)16-12(8-14(17)19-3)13-5-4-6-21-13/h4-7,12H,8H2,1-3H3,(H,16,18)/t12-/m1/s1. The Morgan fingerprint density at radius 3 is 2.71 bits per heavy atom. The Bertz CT molecular complexity index is 630. The number of rotatable bonds is 5. The summed E-state index contributed by atoms with van der Waals surface area (Å²) in [5.74, 6) is 0.617. The lowest BCUT2D eigenvalue weighted by Crippen LogP contribution is -2.30. The van der Waals surface area contributed by atoms with E-state index in [-0.39, 0.29) is 18.3 Å². The zero-order chi connectivity index (χ0) is 15.4. The summed E-state index contributed by atoms with van der Waals surface area (Å²) in [7, 11) is 1.33. The van der Waals surface area contributed by atoms with Crippen molar-refractivity contribution < 1.29 is 18.7 Å². The lowest BCUT2D eigenvalue weighted by molar-refractivity contribution is -0.141. The molecule has 0 aliphatic rings. The number of aryl methyl sites for hydroxylation is 2. The Morgan fingerprint density at radius 1 is 1.43 bits per heavy atom. The molecule has 0 saturated carbocycles. The minimum absolute atomic E-state index is 0.0959. The van der Waals surface area contributed by atoms with Gasteiger partial charge in [0.05, 0.1) is 25.1 Å². The molecule has 0 saturated heterocycles. The highest BCUT2D eigenvalue weighted by atomic mass is 32.1. The van der Waals surface area contributed by atoms with Gasteiger partial charge in [0.25, 0.3) is 5.91 Å². The number of hydrogen-bond acceptors (Lipinski definition) is 5. The molecule has 6 heteroatoms. The molecule has 0 aliphatic carbocycles. The monoisotopic (exact) mass is 307 g/mol. The van der Waals surface area contributed by atoms with E-state index >= 15 is 0 Å². The number of furan rings is 1. The number of hydrogen-bond donors (Lipinski definition) is 1. The lowest BCUT2D eigenvalue weighted by Gasteiger charge is -2.16. The van der Waals surface area contributed by atoms with E-state index in [1.807, 2.05) is 17.5 Å². The van der Waals surface area contributed by atoms with Gasteiger partial charge in [-0.2, -0.15) is 0 Å². The van der Waals surface area contributed by atoms with Crippen LogP contribution in [0.1, 0.15) is 39.2 Å². The van der Waals surface area contributed by atoms with Crippen LogP contribution in [0.15, 0.2) is 28.0 Å². The normalized spacial score (nSPS) is 12.0. The van der Waals surface area contributed by atoms with E-state index in [0.717, 1.165) is 4.88 Å². The van der Waals surface area contributed by atoms with Crippen LogP contribution in [0.4, 0.5) is 0 Å². The van der Waals surface area contributed by atoms with E-state index in [1.54, 1.807) is 19.9 Å². The molecule has 0 unspecified atom stereocenters. The van der Waals surface area contributed by atoms with Crippen LogP contribution in [0.5, 0.6) is 0 Å². The largest absolute Gasteiger partial charge is 0.469 e. The van der Waals surface area contributed by atoms with Crippen molar-refractivity contribution in [2.45, 2.75) is 26.3 Å². The van der Waals surface area contributed by atoms with E-state index in [1.165, 1.54) is 18.4 Å². The maximum absolute atomic E-state index is 12.3. The van der Waals surface area contributed by atoms with Gasteiger partial charge >= 0.3 is 5.97 Å². The Morgan fingerprint density at radius 2 is 2.19 bits per heavy atom. The second-order valence-electron chi connectivity index (χ2n) is 4.65. The van der Waals surface area contributed by atoms with Crippen LogP contribution in [0.3, 0.4) is 0 Å². The molecule has 2 heterocycles. The first-order valence-corrected chi connectivity index (χ1v) is 7.37. The van der Waals surface area contributed by atoms with Crippen molar-refractivity contribution in [1.29, 1.82) is 0 Å². The van der Waals surface area contributed by atoms with Crippen LogP contribution in [0, 0.1) is 13.8 Å². The minimum Gasteiger partial charge on any atom is -0.469 e. The van der Waals surface area contributed by atoms with Gasteiger partial charge in [-0.05, 0) is 31.4 Å². The molecule has 1 amide bonds. The third-order valence-corrected chi connectivity index (χ3v) is 4.06. The van der Waals surface area contributed by atoms with E-state index < -0.39 is 6.04 Å². The first-order valence-electron chi connectivity index (χ1n) is 6.49. The number of methoxy groups -OCH3 is 1. The highest BCUT2D eigenvalue weighted by molar-refractivity contribution is 7.10. The van der Waals surface area contributed by atoms with Crippen LogP contribution in [0.2, 0.25) is 0 Å². The Balaban J connectivity index is 2.17. The van der Waals surface area contributed by atoms with Crippen molar-refractivity contribution in [3.8, 4) is 0 Å². The molecule has 0 bridgehead atoms. The summed E-state index contributed by atoms with van der Waals surface area (Å²) in [4.78, 5) is 24.8. The Kier molecular flexibility index (Phi) is 4.80. The van der Waals surface area contributed by atoms with Crippen LogP contribution in [-0.4, -0.2) is 19.0 Å². The molecule has 0 radical (unpaired) electrons. The molecule has 5 nitrogen and oxygen atoms in total. The summed E-state index contributed by atoms with van der Waals surface area (Å²) < 4.78 is 10.1. The molecule has 1 atom stereocenters. The maximum atomic E-state index is 12.3. The first kappa shape index (κ1) is 15.3. The van der Waals surface area contributed by atoms with Crippen molar-refractivity contribution in [2.75, 3.05) is 7.11 Å².